The van der Waals surface area contributed by atoms with Gasteiger partial charge in [-0.15, -0.1) is 0 Å². The first-order valence-corrected chi connectivity index (χ1v) is 7.10. The number of rotatable bonds is 3. The van der Waals surface area contributed by atoms with Gasteiger partial charge in [-0.3, -0.25) is 4.98 Å². The van der Waals surface area contributed by atoms with Crippen LogP contribution in [0.2, 0.25) is 0 Å². The van der Waals surface area contributed by atoms with Crippen LogP contribution in [0, 0.1) is 6.92 Å². The minimum Gasteiger partial charge on any atom is -0.372 e. The molecule has 1 aliphatic heterocycles. The fourth-order valence-electron chi connectivity index (χ4n) is 2.92. The van der Waals surface area contributed by atoms with Crippen LogP contribution in [0.3, 0.4) is 0 Å². The minimum atomic E-state index is 0.159. The lowest BCUT2D eigenvalue weighted by Crippen LogP contribution is -2.25. The Morgan fingerprint density at radius 1 is 1.35 bits per heavy atom. The van der Waals surface area contributed by atoms with Crippen molar-refractivity contribution in [1.82, 2.24) is 10.3 Å². The Balaban J connectivity index is 2.07. The van der Waals surface area contributed by atoms with E-state index >= 15 is 0 Å². The van der Waals surface area contributed by atoms with E-state index in [1.165, 1.54) is 22.3 Å². The molecule has 3 heteroatoms. The highest BCUT2D eigenvalue weighted by molar-refractivity contribution is 5.69. The maximum absolute atomic E-state index is 5.88. The van der Waals surface area contributed by atoms with Crippen LogP contribution in [0.25, 0.3) is 11.1 Å². The van der Waals surface area contributed by atoms with Crippen LogP contribution in [-0.2, 0) is 11.2 Å². The smallest absolute Gasteiger partial charge is 0.0952 e. The zero-order valence-corrected chi connectivity index (χ0v) is 12.0. The molecule has 2 aromatic rings. The number of benzene rings is 1. The number of hydrogen-bond acceptors (Lipinski definition) is 3. The lowest BCUT2D eigenvalue weighted by Gasteiger charge is -2.28. The fourth-order valence-corrected chi connectivity index (χ4v) is 2.92. The quantitative estimate of drug-likeness (QED) is 0.929. The molecule has 0 fully saturated rings. The Morgan fingerprint density at radius 3 is 3.05 bits per heavy atom. The standard InChI is InChI=1S/C17H20N2O/c1-12-10-13(6-8-19-12)14-4-3-5-16-15(14)7-9-20-17(16)11-18-2/h3-6,8,10,17-18H,7,9,11H2,1-2H3. The lowest BCUT2D eigenvalue weighted by atomic mass is 9.89. The summed E-state index contributed by atoms with van der Waals surface area (Å²) < 4.78 is 5.88. The van der Waals surface area contributed by atoms with Crippen LogP contribution in [0.15, 0.2) is 36.5 Å². The van der Waals surface area contributed by atoms with Crippen LogP contribution in [0.1, 0.15) is 22.9 Å². The Morgan fingerprint density at radius 2 is 2.25 bits per heavy atom. The normalized spacial score (nSPS) is 17.8. The van der Waals surface area contributed by atoms with Crippen molar-refractivity contribution in [3.05, 3.63) is 53.3 Å². The number of fused-ring (bicyclic) bond motifs is 1. The Labute approximate surface area is 120 Å². The molecule has 20 heavy (non-hydrogen) atoms. The molecule has 0 amide bonds. The van der Waals surface area contributed by atoms with Crippen LogP contribution >= 0.6 is 0 Å². The zero-order valence-electron chi connectivity index (χ0n) is 12.0. The lowest BCUT2D eigenvalue weighted by molar-refractivity contribution is 0.0440. The van der Waals surface area contributed by atoms with E-state index in [1.54, 1.807) is 0 Å². The van der Waals surface area contributed by atoms with Gasteiger partial charge in [0, 0.05) is 18.4 Å². The Bertz CT molecular complexity index is 610. The minimum absolute atomic E-state index is 0.159. The SMILES string of the molecule is CNCC1OCCc2c(-c3ccnc(C)c3)cccc21. The summed E-state index contributed by atoms with van der Waals surface area (Å²) in [6.07, 6.45) is 3.02. The van der Waals surface area contributed by atoms with Crippen molar-refractivity contribution >= 4 is 0 Å². The molecule has 1 atom stereocenters. The van der Waals surface area contributed by atoms with Gasteiger partial charge in [-0.2, -0.15) is 0 Å². The second-order valence-electron chi connectivity index (χ2n) is 5.23. The van der Waals surface area contributed by atoms with Gasteiger partial charge in [0.05, 0.1) is 12.7 Å². The summed E-state index contributed by atoms with van der Waals surface area (Å²) in [5.41, 5.74) is 6.36. The summed E-state index contributed by atoms with van der Waals surface area (Å²) in [4.78, 5) is 4.29. The number of hydrogen-bond donors (Lipinski definition) is 1. The highest BCUT2D eigenvalue weighted by Crippen LogP contribution is 2.34. The number of aryl methyl sites for hydroxylation is 1. The number of likely N-dealkylation sites (N-methyl/N-ethyl adjacent to an activating group) is 1. The fraction of sp³-hybridized carbons (Fsp3) is 0.353. The Kier molecular flexibility index (Phi) is 3.81. The van der Waals surface area contributed by atoms with Gasteiger partial charge in [0.25, 0.3) is 0 Å². The van der Waals surface area contributed by atoms with Crippen molar-refractivity contribution in [3.63, 3.8) is 0 Å². The molecule has 3 rings (SSSR count). The Hall–Kier alpha value is -1.71. The first kappa shape index (κ1) is 13.3. The summed E-state index contributed by atoms with van der Waals surface area (Å²) in [5.74, 6) is 0. The van der Waals surface area contributed by atoms with Crippen LogP contribution in [-0.4, -0.2) is 25.2 Å². The van der Waals surface area contributed by atoms with Crippen molar-refractivity contribution in [2.24, 2.45) is 0 Å². The van der Waals surface area contributed by atoms with Gasteiger partial charge in [-0.1, -0.05) is 18.2 Å². The van der Waals surface area contributed by atoms with Gasteiger partial charge in [-0.25, -0.2) is 0 Å². The molecule has 3 nitrogen and oxygen atoms in total. The highest BCUT2D eigenvalue weighted by Gasteiger charge is 2.22. The van der Waals surface area contributed by atoms with Gasteiger partial charge in [0.1, 0.15) is 0 Å². The molecule has 1 unspecified atom stereocenters. The summed E-state index contributed by atoms with van der Waals surface area (Å²) in [5, 5.41) is 3.21. The summed E-state index contributed by atoms with van der Waals surface area (Å²) in [6, 6.07) is 10.8. The average molecular weight is 268 g/mol. The largest absolute Gasteiger partial charge is 0.372 e. The summed E-state index contributed by atoms with van der Waals surface area (Å²) in [6.45, 7) is 3.68. The third-order valence-electron chi connectivity index (χ3n) is 3.83. The number of aromatic nitrogens is 1. The third-order valence-corrected chi connectivity index (χ3v) is 3.83. The van der Waals surface area contributed by atoms with Crippen LogP contribution < -0.4 is 5.32 Å². The molecular weight excluding hydrogens is 248 g/mol. The van der Waals surface area contributed by atoms with E-state index < -0.39 is 0 Å². The van der Waals surface area contributed by atoms with E-state index in [1.807, 2.05) is 20.2 Å². The van der Waals surface area contributed by atoms with Gasteiger partial charge >= 0.3 is 0 Å². The molecule has 0 radical (unpaired) electrons. The number of pyridine rings is 1. The van der Waals surface area contributed by atoms with E-state index in [0.29, 0.717) is 0 Å². The van der Waals surface area contributed by atoms with E-state index in [9.17, 15) is 0 Å². The van der Waals surface area contributed by atoms with Gasteiger partial charge < -0.3 is 10.1 Å². The molecule has 0 saturated carbocycles. The number of ether oxygens (including phenoxy) is 1. The molecule has 1 aliphatic rings. The topological polar surface area (TPSA) is 34.1 Å². The number of nitrogens with one attached hydrogen (secondary N) is 1. The molecule has 0 bridgehead atoms. The van der Waals surface area contributed by atoms with Gasteiger partial charge in [0.2, 0.25) is 0 Å². The predicted molar refractivity (Wildman–Crippen MR) is 80.7 cm³/mol. The molecule has 1 N–H and O–H groups in total. The monoisotopic (exact) mass is 268 g/mol. The van der Waals surface area contributed by atoms with Crippen molar-refractivity contribution in [1.29, 1.82) is 0 Å². The summed E-state index contributed by atoms with van der Waals surface area (Å²) in [7, 11) is 1.97. The molecule has 2 heterocycles. The van der Waals surface area contributed by atoms with Crippen molar-refractivity contribution in [3.8, 4) is 11.1 Å². The molecule has 0 aliphatic carbocycles. The van der Waals surface area contributed by atoms with Crippen molar-refractivity contribution in [2.75, 3.05) is 20.2 Å². The third kappa shape index (κ3) is 2.47. The maximum Gasteiger partial charge on any atom is 0.0952 e. The van der Waals surface area contributed by atoms with E-state index in [-0.39, 0.29) is 6.10 Å². The molecule has 104 valence electrons. The maximum atomic E-state index is 5.88. The second kappa shape index (κ2) is 5.73. The van der Waals surface area contributed by atoms with Crippen molar-refractivity contribution in [2.45, 2.75) is 19.4 Å². The molecule has 1 aromatic heterocycles. The first-order valence-electron chi connectivity index (χ1n) is 7.10. The van der Waals surface area contributed by atoms with E-state index in [4.69, 9.17) is 4.74 Å². The molecule has 0 saturated heterocycles. The molecule has 1 aromatic carbocycles. The van der Waals surface area contributed by atoms with Crippen LogP contribution in [0.4, 0.5) is 0 Å². The number of nitrogens with zero attached hydrogens (tertiary/aromatic N) is 1. The van der Waals surface area contributed by atoms with E-state index in [0.717, 1.165) is 25.3 Å². The first-order chi connectivity index (χ1) is 9.79. The molecule has 0 spiro atoms. The van der Waals surface area contributed by atoms with Crippen LogP contribution in [0.5, 0.6) is 0 Å². The van der Waals surface area contributed by atoms with Gasteiger partial charge in [0.15, 0.2) is 0 Å². The van der Waals surface area contributed by atoms with Crippen molar-refractivity contribution < 1.29 is 4.74 Å². The zero-order chi connectivity index (χ0) is 13.9. The second-order valence-corrected chi connectivity index (χ2v) is 5.23. The summed E-state index contributed by atoms with van der Waals surface area (Å²) >= 11 is 0. The average Bonchev–Trinajstić information content (AvgIpc) is 2.47. The molecular formula is C17H20N2O. The highest BCUT2D eigenvalue weighted by atomic mass is 16.5. The predicted octanol–water partition coefficient (Wildman–Crippen LogP) is 2.89. The van der Waals surface area contributed by atoms with E-state index in [2.05, 4.69) is 40.6 Å². The van der Waals surface area contributed by atoms with Gasteiger partial charge in [-0.05, 0) is 54.8 Å².